The van der Waals surface area contributed by atoms with Gasteiger partial charge in [-0.05, 0) is 54.5 Å². The summed E-state index contributed by atoms with van der Waals surface area (Å²) < 4.78 is 5.87. The number of nitrogens with two attached hydrogens (primary N) is 1. The van der Waals surface area contributed by atoms with E-state index in [1.807, 2.05) is 18.2 Å². The van der Waals surface area contributed by atoms with Crippen LogP contribution >= 0.6 is 0 Å². The maximum Gasteiger partial charge on any atom is 0.119 e. The minimum atomic E-state index is 0.499. The lowest BCUT2D eigenvalue weighted by Crippen LogP contribution is -2.23. The Hall–Kier alpha value is -1.80. The van der Waals surface area contributed by atoms with Crippen LogP contribution in [0.15, 0.2) is 54.6 Å². The van der Waals surface area contributed by atoms with Crippen molar-refractivity contribution in [3.05, 3.63) is 65.7 Å². The Bertz CT molecular complexity index is 573. The van der Waals surface area contributed by atoms with Crippen LogP contribution in [-0.2, 0) is 6.61 Å². The second-order valence-corrected chi connectivity index (χ2v) is 6.58. The zero-order valence-corrected chi connectivity index (χ0v) is 13.8. The first-order valence-electron chi connectivity index (χ1n) is 8.83. The average Bonchev–Trinajstić information content (AvgIpc) is 2.63. The van der Waals surface area contributed by atoms with Crippen molar-refractivity contribution in [2.24, 2.45) is 11.7 Å². The number of benzene rings is 2. The van der Waals surface area contributed by atoms with Gasteiger partial charge < -0.3 is 10.5 Å². The lowest BCUT2D eigenvalue weighted by Gasteiger charge is -2.29. The Morgan fingerprint density at radius 2 is 1.61 bits per heavy atom. The molecular formula is C21H27NO. The van der Waals surface area contributed by atoms with Crippen molar-refractivity contribution in [2.45, 2.75) is 44.6 Å². The van der Waals surface area contributed by atoms with E-state index in [1.165, 1.54) is 43.2 Å². The fourth-order valence-electron chi connectivity index (χ4n) is 3.69. The topological polar surface area (TPSA) is 35.2 Å². The van der Waals surface area contributed by atoms with Gasteiger partial charge in [0.05, 0.1) is 0 Å². The van der Waals surface area contributed by atoms with Gasteiger partial charge in [-0.25, -0.2) is 0 Å². The lowest BCUT2D eigenvalue weighted by molar-refractivity contribution is 0.302. The highest BCUT2D eigenvalue weighted by Crippen LogP contribution is 2.35. The van der Waals surface area contributed by atoms with Gasteiger partial charge in [-0.3, -0.25) is 0 Å². The van der Waals surface area contributed by atoms with E-state index in [0.717, 1.165) is 18.2 Å². The third kappa shape index (κ3) is 4.35. The van der Waals surface area contributed by atoms with E-state index in [4.69, 9.17) is 10.5 Å². The Balaban J connectivity index is 1.61. The Morgan fingerprint density at radius 1 is 0.913 bits per heavy atom. The maximum atomic E-state index is 6.08. The molecule has 0 bridgehead atoms. The molecule has 122 valence electrons. The van der Waals surface area contributed by atoms with Crippen LogP contribution in [0.2, 0.25) is 0 Å². The molecule has 2 nitrogen and oxygen atoms in total. The minimum Gasteiger partial charge on any atom is -0.489 e. The van der Waals surface area contributed by atoms with Crippen LogP contribution in [0.5, 0.6) is 5.75 Å². The van der Waals surface area contributed by atoms with Gasteiger partial charge >= 0.3 is 0 Å². The molecule has 1 saturated carbocycles. The number of hydrogen-bond acceptors (Lipinski definition) is 2. The molecule has 0 aliphatic heterocycles. The Morgan fingerprint density at radius 3 is 2.26 bits per heavy atom. The summed E-state index contributed by atoms with van der Waals surface area (Å²) in [7, 11) is 0. The van der Waals surface area contributed by atoms with E-state index in [0.29, 0.717) is 12.5 Å². The van der Waals surface area contributed by atoms with Crippen LogP contribution in [0.1, 0.15) is 49.1 Å². The molecular weight excluding hydrogens is 282 g/mol. The normalized spacial score (nSPS) is 16.9. The Labute approximate surface area is 139 Å². The quantitative estimate of drug-likeness (QED) is 0.824. The van der Waals surface area contributed by atoms with Gasteiger partial charge in [0.15, 0.2) is 0 Å². The van der Waals surface area contributed by atoms with E-state index in [1.54, 1.807) is 0 Å². The van der Waals surface area contributed by atoms with Gasteiger partial charge in [0.1, 0.15) is 12.4 Å². The third-order valence-electron chi connectivity index (χ3n) is 5.03. The molecule has 2 aromatic rings. The van der Waals surface area contributed by atoms with Crippen molar-refractivity contribution in [3.8, 4) is 5.75 Å². The minimum absolute atomic E-state index is 0.499. The van der Waals surface area contributed by atoms with Crippen LogP contribution in [0.25, 0.3) is 0 Å². The number of hydrogen-bond donors (Lipinski definition) is 1. The fourth-order valence-corrected chi connectivity index (χ4v) is 3.69. The summed E-state index contributed by atoms with van der Waals surface area (Å²) in [4.78, 5) is 0. The molecule has 0 unspecified atom stereocenters. The SMILES string of the molecule is NC[C@@H](c1ccc(OCc2ccccc2)cc1)C1CCCCC1. The summed E-state index contributed by atoms with van der Waals surface area (Å²) in [5.74, 6) is 2.18. The highest BCUT2D eigenvalue weighted by atomic mass is 16.5. The molecule has 1 atom stereocenters. The van der Waals surface area contributed by atoms with Gasteiger partial charge in [-0.15, -0.1) is 0 Å². The second kappa shape index (κ2) is 8.16. The largest absolute Gasteiger partial charge is 0.489 e. The van der Waals surface area contributed by atoms with Crippen molar-refractivity contribution in [2.75, 3.05) is 6.54 Å². The van der Waals surface area contributed by atoms with Crippen molar-refractivity contribution in [1.82, 2.24) is 0 Å². The molecule has 2 heteroatoms. The molecule has 2 N–H and O–H groups in total. The Kier molecular flexibility index (Phi) is 5.71. The molecule has 1 fully saturated rings. The van der Waals surface area contributed by atoms with Crippen molar-refractivity contribution in [1.29, 1.82) is 0 Å². The van der Waals surface area contributed by atoms with Gasteiger partial charge in [-0.1, -0.05) is 61.7 Å². The van der Waals surface area contributed by atoms with E-state index >= 15 is 0 Å². The molecule has 1 aliphatic rings. The lowest BCUT2D eigenvalue weighted by atomic mass is 9.77. The molecule has 0 radical (unpaired) electrons. The van der Waals surface area contributed by atoms with Crippen molar-refractivity contribution < 1.29 is 4.74 Å². The van der Waals surface area contributed by atoms with Crippen molar-refractivity contribution >= 4 is 0 Å². The summed E-state index contributed by atoms with van der Waals surface area (Å²) in [6.07, 6.45) is 6.77. The van der Waals surface area contributed by atoms with Crippen LogP contribution in [0.4, 0.5) is 0 Å². The molecule has 0 spiro atoms. The summed E-state index contributed by atoms with van der Waals surface area (Å²) in [6.45, 7) is 1.36. The molecule has 0 heterocycles. The molecule has 2 aromatic carbocycles. The number of rotatable bonds is 6. The highest BCUT2D eigenvalue weighted by Gasteiger charge is 2.23. The third-order valence-corrected chi connectivity index (χ3v) is 5.03. The van der Waals surface area contributed by atoms with E-state index in [9.17, 15) is 0 Å². The highest BCUT2D eigenvalue weighted by molar-refractivity contribution is 5.30. The second-order valence-electron chi connectivity index (χ2n) is 6.58. The first kappa shape index (κ1) is 16.1. The van der Waals surface area contributed by atoms with Gasteiger partial charge in [0, 0.05) is 0 Å². The summed E-state index contributed by atoms with van der Waals surface area (Å²) in [6, 6.07) is 18.8. The summed E-state index contributed by atoms with van der Waals surface area (Å²) in [5, 5.41) is 0. The predicted octanol–water partition coefficient (Wildman–Crippen LogP) is 4.89. The van der Waals surface area contributed by atoms with Gasteiger partial charge in [0.2, 0.25) is 0 Å². The zero-order chi connectivity index (χ0) is 15.9. The van der Waals surface area contributed by atoms with E-state index in [-0.39, 0.29) is 0 Å². The predicted molar refractivity (Wildman–Crippen MR) is 95.6 cm³/mol. The standard InChI is InChI=1S/C21H27NO/c22-15-21(18-9-5-2-6-10-18)19-11-13-20(14-12-19)23-16-17-7-3-1-4-8-17/h1,3-4,7-8,11-14,18,21H,2,5-6,9-10,15-16,22H2/t21-/m1/s1. The smallest absolute Gasteiger partial charge is 0.119 e. The summed E-state index contributed by atoms with van der Waals surface area (Å²) in [5.41, 5.74) is 8.64. The first-order valence-corrected chi connectivity index (χ1v) is 8.83. The molecule has 0 amide bonds. The van der Waals surface area contributed by atoms with E-state index < -0.39 is 0 Å². The molecule has 3 rings (SSSR count). The molecule has 1 aliphatic carbocycles. The average molecular weight is 309 g/mol. The monoisotopic (exact) mass is 309 g/mol. The van der Waals surface area contributed by atoms with E-state index in [2.05, 4.69) is 36.4 Å². The molecule has 0 saturated heterocycles. The molecule has 0 aromatic heterocycles. The van der Waals surface area contributed by atoms with Crippen molar-refractivity contribution in [3.63, 3.8) is 0 Å². The van der Waals surface area contributed by atoms with Crippen LogP contribution in [0.3, 0.4) is 0 Å². The van der Waals surface area contributed by atoms with Crippen LogP contribution in [0, 0.1) is 5.92 Å². The number of ether oxygens (including phenoxy) is 1. The van der Waals surface area contributed by atoms with Crippen LogP contribution in [-0.4, -0.2) is 6.54 Å². The van der Waals surface area contributed by atoms with Crippen LogP contribution < -0.4 is 10.5 Å². The van der Waals surface area contributed by atoms with Gasteiger partial charge in [0.25, 0.3) is 0 Å². The molecule has 23 heavy (non-hydrogen) atoms. The fraction of sp³-hybridized carbons (Fsp3) is 0.429. The summed E-state index contributed by atoms with van der Waals surface area (Å²) >= 11 is 0. The zero-order valence-electron chi connectivity index (χ0n) is 13.8. The first-order chi connectivity index (χ1) is 11.4. The van der Waals surface area contributed by atoms with Gasteiger partial charge in [-0.2, -0.15) is 0 Å². The maximum absolute atomic E-state index is 6.08.